The van der Waals surface area contributed by atoms with Crippen LogP contribution in [0.2, 0.25) is 0 Å². The van der Waals surface area contributed by atoms with E-state index in [0.717, 1.165) is 25.7 Å². The van der Waals surface area contributed by atoms with E-state index in [1.807, 2.05) is 0 Å². The third-order valence-electron chi connectivity index (χ3n) is 4.04. The van der Waals surface area contributed by atoms with Gasteiger partial charge in [0.2, 0.25) is 0 Å². The van der Waals surface area contributed by atoms with Gasteiger partial charge in [-0.1, -0.05) is 25.7 Å². The Balaban J connectivity index is 1.94. The Bertz CT molecular complexity index is 526. The fourth-order valence-electron chi connectivity index (χ4n) is 2.75. The van der Waals surface area contributed by atoms with E-state index in [9.17, 15) is 9.59 Å². The molecule has 0 bridgehead atoms. The molecule has 6 heteroatoms. The molecule has 0 aromatic carbocycles. The van der Waals surface area contributed by atoms with Crippen molar-refractivity contribution >= 4 is 11.8 Å². The van der Waals surface area contributed by atoms with Gasteiger partial charge in [0.15, 0.2) is 0 Å². The molecule has 2 rings (SSSR count). The van der Waals surface area contributed by atoms with E-state index in [4.69, 9.17) is 4.74 Å². The first-order valence-corrected chi connectivity index (χ1v) is 8.23. The summed E-state index contributed by atoms with van der Waals surface area (Å²) in [5, 5.41) is 5.78. The van der Waals surface area contributed by atoms with Crippen molar-refractivity contribution in [2.45, 2.75) is 44.6 Å². The van der Waals surface area contributed by atoms with Gasteiger partial charge in [-0.2, -0.15) is 0 Å². The van der Waals surface area contributed by atoms with Crippen molar-refractivity contribution in [3.8, 4) is 0 Å². The SMILES string of the molecule is COCCNC(=O)c1cncc(C(=O)NC2CCCCCC2)c1. The van der Waals surface area contributed by atoms with Crippen molar-refractivity contribution in [2.75, 3.05) is 20.3 Å². The maximum absolute atomic E-state index is 12.4. The zero-order chi connectivity index (χ0) is 16.5. The first kappa shape index (κ1) is 17.4. The van der Waals surface area contributed by atoms with Gasteiger partial charge >= 0.3 is 0 Å². The first-order chi connectivity index (χ1) is 11.2. The minimum absolute atomic E-state index is 0.157. The molecule has 0 atom stereocenters. The van der Waals surface area contributed by atoms with Crippen molar-refractivity contribution in [3.63, 3.8) is 0 Å². The number of aromatic nitrogens is 1. The summed E-state index contributed by atoms with van der Waals surface area (Å²) in [4.78, 5) is 28.4. The van der Waals surface area contributed by atoms with Gasteiger partial charge in [-0.3, -0.25) is 14.6 Å². The first-order valence-electron chi connectivity index (χ1n) is 8.23. The molecule has 6 nitrogen and oxygen atoms in total. The number of hydrogen-bond donors (Lipinski definition) is 2. The van der Waals surface area contributed by atoms with Crippen LogP contribution in [0.15, 0.2) is 18.5 Å². The second-order valence-corrected chi connectivity index (χ2v) is 5.87. The van der Waals surface area contributed by atoms with E-state index in [2.05, 4.69) is 15.6 Å². The van der Waals surface area contributed by atoms with Crippen molar-refractivity contribution in [3.05, 3.63) is 29.6 Å². The van der Waals surface area contributed by atoms with Crippen LogP contribution in [0.3, 0.4) is 0 Å². The lowest BCUT2D eigenvalue weighted by Gasteiger charge is -2.16. The number of nitrogens with one attached hydrogen (secondary N) is 2. The van der Waals surface area contributed by atoms with Crippen LogP contribution in [0.25, 0.3) is 0 Å². The van der Waals surface area contributed by atoms with Crippen LogP contribution in [-0.4, -0.2) is 43.1 Å². The van der Waals surface area contributed by atoms with Gasteiger partial charge in [-0.25, -0.2) is 0 Å². The van der Waals surface area contributed by atoms with Gasteiger partial charge in [0.25, 0.3) is 11.8 Å². The lowest BCUT2D eigenvalue weighted by molar-refractivity contribution is 0.0933. The quantitative estimate of drug-likeness (QED) is 0.620. The summed E-state index contributed by atoms with van der Waals surface area (Å²) >= 11 is 0. The zero-order valence-corrected chi connectivity index (χ0v) is 13.6. The van der Waals surface area contributed by atoms with E-state index in [1.54, 1.807) is 13.2 Å². The third-order valence-corrected chi connectivity index (χ3v) is 4.04. The molecule has 126 valence electrons. The number of ether oxygens (including phenoxy) is 1. The van der Waals surface area contributed by atoms with Gasteiger partial charge in [-0.05, 0) is 18.9 Å². The Morgan fingerprint density at radius 2 is 1.78 bits per heavy atom. The summed E-state index contributed by atoms with van der Waals surface area (Å²) < 4.78 is 4.89. The van der Waals surface area contributed by atoms with E-state index in [1.165, 1.54) is 25.2 Å². The molecule has 2 amide bonds. The Morgan fingerprint density at radius 1 is 1.13 bits per heavy atom. The molecule has 1 aliphatic carbocycles. The number of carbonyl (C=O) groups is 2. The predicted molar refractivity (Wildman–Crippen MR) is 87.4 cm³/mol. The Labute approximate surface area is 137 Å². The van der Waals surface area contributed by atoms with Crippen molar-refractivity contribution in [1.82, 2.24) is 15.6 Å². The average Bonchev–Trinajstić information content (AvgIpc) is 2.84. The summed E-state index contributed by atoms with van der Waals surface area (Å²) in [7, 11) is 1.58. The van der Waals surface area contributed by atoms with Crippen LogP contribution in [0, 0.1) is 0 Å². The second-order valence-electron chi connectivity index (χ2n) is 5.87. The van der Waals surface area contributed by atoms with Crippen LogP contribution in [-0.2, 0) is 4.74 Å². The highest BCUT2D eigenvalue weighted by Crippen LogP contribution is 2.17. The van der Waals surface area contributed by atoms with Crippen LogP contribution in [0.1, 0.15) is 59.2 Å². The normalized spacial score (nSPS) is 15.7. The molecular formula is C17H25N3O3. The number of pyridine rings is 1. The smallest absolute Gasteiger partial charge is 0.253 e. The van der Waals surface area contributed by atoms with Crippen LogP contribution in [0.5, 0.6) is 0 Å². The Kier molecular flexibility index (Phi) is 7.00. The van der Waals surface area contributed by atoms with Crippen molar-refractivity contribution in [2.24, 2.45) is 0 Å². The Hall–Kier alpha value is -1.95. The highest BCUT2D eigenvalue weighted by molar-refractivity contribution is 5.99. The minimum Gasteiger partial charge on any atom is -0.383 e. The molecule has 0 unspecified atom stereocenters. The number of carbonyl (C=O) groups excluding carboxylic acids is 2. The molecule has 0 radical (unpaired) electrons. The van der Waals surface area contributed by atoms with E-state index >= 15 is 0 Å². The minimum atomic E-state index is -0.251. The van der Waals surface area contributed by atoms with E-state index in [0.29, 0.717) is 24.3 Å². The fourth-order valence-corrected chi connectivity index (χ4v) is 2.75. The Morgan fingerprint density at radius 3 is 2.43 bits per heavy atom. The molecule has 1 aliphatic rings. The van der Waals surface area contributed by atoms with E-state index < -0.39 is 0 Å². The standard InChI is InChI=1S/C17H25N3O3/c1-23-9-8-19-16(21)13-10-14(12-18-11-13)17(22)20-15-6-4-2-3-5-7-15/h10-12,15H,2-9H2,1H3,(H,19,21)(H,20,22). The van der Waals surface area contributed by atoms with Gasteiger partial charge in [0.1, 0.15) is 0 Å². The molecule has 1 fully saturated rings. The maximum Gasteiger partial charge on any atom is 0.253 e. The molecule has 23 heavy (non-hydrogen) atoms. The fraction of sp³-hybridized carbons (Fsp3) is 0.588. The lowest BCUT2D eigenvalue weighted by Crippen LogP contribution is -2.34. The summed E-state index contributed by atoms with van der Waals surface area (Å²) in [5.41, 5.74) is 0.809. The predicted octanol–water partition coefficient (Wildman–Crippen LogP) is 1.91. The molecule has 1 saturated carbocycles. The molecule has 0 spiro atoms. The summed E-state index contributed by atoms with van der Waals surface area (Å²) in [6, 6.07) is 1.81. The zero-order valence-electron chi connectivity index (χ0n) is 13.6. The third kappa shape index (κ3) is 5.63. The number of nitrogens with zero attached hydrogens (tertiary/aromatic N) is 1. The van der Waals surface area contributed by atoms with Gasteiger partial charge < -0.3 is 15.4 Å². The molecule has 1 aromatic heterocycles. The number of hydrogen-bond acceptors (Lipinski definition) is 4. The van der Waals surface area contributed by atoms with Crippen LogP contribution < -0.4 is 10.6 Å². The number of methoxy groups -OCH3 is 1. The lowest BCUT2D eigenvalue weighted by atomic mass is 10.1. The molecule has 0 saturated heterocycles. The molecule has 2 N–H and O–H groups in total. The summed E-state index contributed by atoms with van der Waals surface area (Å²) in [5.74, 6) is -0.408. The van der Waals surface area contributed by atoms with Gasteiger partial charge in [-0.15, -0.1) is 0 Å². The van der Waals surface area contributed by atoms with Gasteiger partial charge in [0.05, 0.1) is 17.7 Å². The molecule has 1 heterocycles. The number of rotatable bonds is 6. The van der Waals surface area contributed by atoms with E-state index in [-0.39, 0.29) is 17.9 Å². The summed E-state index contributed by atoms with van der Waals surface area (Å²) in [6.07, 6.45) is 9.81. The maximum atomic E-state index is 12.4. The van der Waals surface area contributed by atoms with Crippen LogP contribution in [0.4, 0.5) is 0 Å². The van der Waals surface area contributed by atoms with Crippen molar-refractivity contribution < 1.29 is 14.3 Å². The average molecular weight is 319 g/mol. The topological polar surface area (TPSA) is 80.3 Å². The molecule has 0 aliphatic heterocycles. The molecule has 1 aromatic rings. The molecular weight excluding hydrogens is 294 g/mol. The summed E-state index contributed by atoms with van der Waals surface area (Å²) in [6.45, 7) is 0.870. The highest BCUT2D eigenvalue weighted by Gasteiger charge is 2.17. The van der Waals surface area contributed by atoms with Gasteiger partial charge in [0, 0.05) is 32.1 Å². The monoisotopic (exact) mass is 319 g/mol. The van der Waals surface area contributed by atoms with Crippen LogP contribution >= 0.6 is 0 Å². The second kappa shape index (κ2) is 9.25. The largest absolute Gasteiger partial charge is 0.383 e. The highest BCUT2D eigenvalue weighted by atomic mass is 16.5. The number of amides is 2. The van der Waals surface area contributed by atoms with Crippen molar-refractivity contribution in [1.29, 1.82) is 0 Å².